The first-order chi connectivity index (χ1) is 8.60. The fraction of sp³-hybridized carbons (Fsp3) is 0.429. The van der Waals surface area contributed by atoms with Gasteiger partial charge in [-0.1, -0.05) is 0 Å². The Hall–Kier alpha value is -2.04. The average Bonchev–Trinajstić information content (AvgIpc) is 2.19. The van der Waals surface area contributed by atoms with Crippen LogP contribution in [-0.2, 0) is 4.74 Å². The number of hydrogen-bond donors (Lipinski definition) is 2. The lowest BCUT2D eigenvalue weighted by Gasteiger charge is -2.20. The first-order valence-corrected chi connectivity index (χ1v) is 5.94. The molecule has 1 aromatic rings. The van der Waals surface area contributed by atoms with Crippen LogP contribution in [0, 0.1) is 6.92 Å². The van der Waals surface area contributed by atoms with Gasteiger partial charge in [0.25, 0.3) is 0 Å². The maximum atomic E-state index is 11.6. The summed E-state index contributed by atoms with van der Waals surface area (Å²) in [5.41, 5.74) is 0.465. The molecular formula is C14H19NO4. The molecule has 19 heavy (non-hydrogen) atoms. The Balaban J connectivity index is 3.02. The zero-order valence-electron chi connectivity index (χ0n) is 11.8. The molecule has 104 valence electrons. The van der Waals surface area contributed by atoms with E-state index >= 15 is 0 Å². The lowest BCUT2D eigenvalue weighted by molar-refractivity contribution is 0.0635. The van der Waals surface area contributed by atoms with E-state index in [1.807, 2.05) is 0 Å². The van der Waals surface area contributed by atoms with Crippen molar-refractivity contribution in [2.45, 2.75) is 40.2 Å². The molecule has 0 unspecified atom stereocenters. The normalized spacial score (nSPS) is 11.0. The summed E-state index contributed by atoms with van der Waals surface area (Å²) in [6, 6.07) is 3.14. The monoisotopic (exact) mass is 265 g/mol. The number of benzene rings is 1. The Kier molecular flexibility index (Phi) is 4.19. The highest BCUT2D eigenvalue weighted by molar-refractivity contribution is 6.00. The van der Waals surface area contributed by atoms with Gasteiger partial charge in [-0.25, -0.2) is 4.79 Å². The molecule has 0 aromatic heterocycles. The number of carbonyl (C=O) groups excluding carboxylic acids is 2. The van der Waals surface area contributed by atoms with Crippen molar-refractivity contribution in [2.24, 2.45) is 0 Å². The number of nitrogens with one attached hydrogen (secondary N) is 1. The van der Waals surface area contributed by atoms with Crippen molar-refractivity contribution < 1.29 is 19.4 Å². The molecule has 5 heteroatoms. The molecule has 0 fully saturated rings. The van der Waals surface area contributed by atoms with Crippen molar-refractivity contribution in [1.82, 2.24) is 0 Å². The molecule has 1 aromatic carbocycles. The topological polar surface area (TPSA) is 75.6 Å². The predicted octanol–water partition coefficient (Wildman–Crippen LogP) is 3.25. The molecule has 1 amide bonds. The van der Waals surface area contributed by atoms with Crippen molar-refractivity contribution in [2.75, 3.05) is 5.32 Å². The third-order valence-corrected chi connectivity index (χ3v) is 2.27. The number of ether oxygens (including phenoxy) is 1. The lowest BCUT2D eigenvalue weighted by atomic mass is 10.1. The van der Waals surface area contributed by atoms with Crippen molar-refractivity contribution in [3.8, 4) is 5.75 Å². The minimum absolute atomic E-state index is 0.166. The van der Waals surface area contributed by atoms with E-state index in [-0.39, 0.29) is 22.8 Å². The highest BCUT2D eigenvalue weighted by Gasteiger charge is 2.19. The third-order valence-electron chi connectivity index (χ3n) is 2.27. The van der Waals surface area contributed by atoms with Crippen LogP contribution < -0.4 is 5.32 Å². The molecule has 0 saturated heterocycles. The smallest absolute Gasteiger partial charge is 0.412 e. The van der Waals surface area contributed by atoms with Crippen LogP contribution in [0.5, 0.6) is 5.75 Å². The van der Waals surface area contributed by atoms with E-state index in [0.717, 1.165) is 5.56 Å². The van der Waals surface area contributed by atoms with Gasteiger partial charge in [0.2, 0.25) is 0 Å². The summed E-state index contributed by atoms with van der Waals surface area (Å²) in [6.07, 6.45) is -0.678. The highest BCUT2D eigenvalue weighted by atomic mass is 16.6. The van der Waals surface area contributed by atoms with Crippen LogP contribution >= 0.6 is 0 Å². The number of aromatic hydroxyl groups is 1. The molecule has 0 spiro atoms. The van der Waals surface area contributed by atoms with Crippen molar-refractivity contribution in [3.05, 3.63) is 23.3 Å². The van der Waals surface area contributed by atoms with Gasteiger partial charge in [-0.2, -0.15) is 0 Å². The molecule has 0 saturated carbocycles. The first kappa shape index (κ1) is 15.0. The summed E-state index contributed by atoms with van der Waals surface area (Å²) in [5.74, 6) is -0.516. The Morgan fingerprint density at radius 2 is 1.84 bits per heavy atom. The summed E-state index contributed by atoms with van der Waals surface area (Å²) < 4.78 is 5.09. The minimum Gasteiger partial charge on any atom is -0.505 e. The Morgan fingerprint density at radius 3 is 2.32 bits per heavy atom. The van der Waals surface area contributed by atoms with E-state index in [2.05, 4.69) is 5.32 Å². The number of phenols is 1. The van der Waals surface area contributed by atoms with Gasteiger partial charge >= 0.3 is 6.09 Å². The van der Waals surface area contributed by atoms with E-state index in [9.17, 15) is 14.7 Å². The summed E-state index contributed by atoms with van der Waals surface area (Å²) in [6.45, 7) is 8.34. The number of phenolic OH excluding ortho intramolecular Hbond substituents is 1. The lowest BCUT2D eigenvalue weighted by Crippen LogP contribution is -2.27. The summed E-state index contributed by atoms with van der Waals surface area (Å²) in [5, 5.41) is 12.4. The van der Waals surface area contributed by atoms with Gasteiger partial charge in [-0.15, -0.1) is 0 Å². The van der Waals surface area contributed by atoms with Crippen LogP contribution in [0.2, 0.25) is 0 Å². The second-order valence-corrected chi connectivity index (χ2v) is 5.39. The number of aryl methyl sites for hydroxylation is 1. The van der Waals surface area contributed by atoms with Gasteiger partial charge in [0, 0.05) is 0 Å². The number of Topliss-reactive ketones (excluding diaryl/α,β-unsaturated/α-hetero) is 1. The molecule has 0 bridgehead atoms. The second-order valence-electron chi connectivity index (χ2n) is 5.39. The third kappa shape index (κ3) is 4.28. The molecule has 1 rings (SSSR count). The standard InChI is InChI=1S/C14H19NO4/c1-8-6-10(9(2)16)12(17)11(7-8)15-13(18)19-14(3,4)5/h6-7,17H,1-5H3,(H,15,18). The van der Waals surface area contributed by atoms with Gasteiger partial charge in [0.1, 0.15) is 11.4 Å². The van der Waals surface area contributed by atoms with Crippen LogP contribution in [0.25, 0.3) is 0 Å². The minimum atomic E-state index is -0.678. The van der Waals surface area contributed by atoms with E-state index in [0.29, 0.717) is 0 Å². The number of hydrogen-bond acceptors (Lipinski definition) is 4. The average molecular weight is 265 g/mol. The van der Waals surface area contributed by atoms with Gasteiger partial charge in [0.05, 0.1) is 11.3 Å². The predicted molar refractivity (Wildman–Crippen MR) is 72.7 cm³/mol. The van der Waals surface area contributed by atoms with E-state index in [1.54, 1.807) is 39.8 Å². The number of ketones is 1. The van der Waals surface area contributed by atoms with E-state index < -0.39 is 11.7 Å². The maximum Gasteiger partial charge on any atom is 0.412 e. The van der Waals surface area contributed by atoms with Gasteiger partial charge in [0.15, 0.2) is 5.78 Å². The second kappa shape index (κ2) is 5.30. The largest absolute Gasteiger partial charge is 0.505 e. The number of amides is 1. The zero-order valence-corrected chi connectivity index (χ0v) is 11.8. The van der Waals surface area contributed by atoms with Gasteiger partial charge in [-0.3, -0.25) is 10.1 Å². The first-order valence-electron chi connectivity index (χ1n) is 5.94. The molecule has 0 atom stereocenters. The van der Waals surface area contributed by atoms with Crippen LogP contribution in [-0.4, -0.2) is 22.6 Å². The quantitative estimate of drug-likeness (QED) is 0.635. The molecule has 0 aliphatic heterocycles. The van der Waals surface area contributed by atoms with Crippen LogP contribution in [0.15, 0.2) is 12.1 Å². The van der Waals surface area contributed by atoms with Crippen LogP contribution in [0.3, 0.4) is 0 Å². The highest BCUT2D eigenvalue weighted by Crippen LogP contribution is 2.30. The summed E-state index contributed by atoms with van der Waals surface area (Å²) in [4.78, 5) is 23.0. The maximum absolute atomic E-state index is 11.6. The number of anilines is 1. The van der Waals surface area contributed by atoms with E-state index in [1.165, 1.54) is 6.92 Å². The molecule has 0 aliphatic carbocycles. The molecule has 0 radical (unpaired) electrons. The van der Waals surface area contributed by atoms with Crippen LogP contribution in [0.1, 0.15) is 43.6 Å². The zero-order chi connectivity index (χ0) is 14.8. The molecule has 2 N–H and O–H groups in total. The summed E-state index contributed by atoms with van der Waals surface area (Å²) >= 11 is 0. The number of carbonyl (C=O) groups is 2. The molecule has 5 nitrogen and oxygen atoms in total. The Morgan fingerprint density at radius 1 is 1.26 bits per heavy atom. The van der Waals surface area contributed by atoms with Gasteiger partial charge < -0.3 is 9.84 Å². The molecule has 0 heterocycles. The molecular weight excluding hydrogens is 246 g/mol. The van der Waals surface area contributed by atoms with Gasteiger partial charge in [-0.05, 0) is 52.3 Å². The fourth-order valence-electron chi connectivity index (χ4n) is 1.56. The Bertz CT molecular complexity index is 515. The Labute approximate surface area is 112 Å². The number of rotatable bonds is 2. The summed E-state index contributed by atoms with van der Waals surface area (Å²) in [7, 11) is 0. The SMILES string of the molecule is CC(=O)c1cc(C)cc(NC(=O)OC(C)(C)C)c1O. The molecule has 0 aliphatic rings. The fourth-order valence-corrected chi connectivity index (χ4v) is 1.56. The van der Waals surface area contributed by atoms with E-state index in [4.69, 9.17) is 4.74 Å². The van der Waals surface area contributed by atoms with Crippen molar-refractivity contribution in [3.63, 3.8) is 0 Å². The van der Waals surface area contributed by atoms with Crippen molar-refractivity contribution >= 4 is 17.6 Å². The van der Waals surface area contributed by atoms with Crippen molar-refractivity contribution in [1.29, 1.82) is 0 Å². The van der Waals surface area contributed by atoms with Crippen LogP contribution in [0.4, 0.5) is 10.5 Å².